The molecule has 1 atom stereocenters. The Bertz CT molecular complexity index is 334. The van der Waals surface area contributed by atoms with Crippen molar-refractivity contribution in [2.75, 3.05) is 26.1 Å². The predicted molar refractivity (Wildman–Crippen MR) is 70.2 cm³/mol. The molecule has 0 amide bonds. The molecule has 0 spiro atoms. The zero-order valence-corrected chi connectivity index (χ0v) is 12.5. The molecule has 18 heavy (non-hydrogen) atoms. The third-order valence-corrected chi connectivity index (χ3v) is 4.78. The van der Waals surface area contributed by atoms with E-state index >= 15 is 0 Å². The first-order valence-corrected chi connectivity index (χ1v) is 7.87. The third-order valence-electron chi connectivity index (χ3n) is 2.65. The van der Waals surface area contributed by atoms with Crippen LogP contribution in [0.2, 0.25) is 0 Å². The number of ether oxygens (including phenoxy) is 2. The number of methoxy groups -OCH3 is 1. The summed E-state index contributed by atoms with van der Waals surface area (Å²) in [6.07, 6.45) is 0.808. The molecule has 0 heterocycles. The molecule has 0 fully saturated rings. The van der Waals surface area contributed by atoms with E-state index in [9.17, 15) is 13.2 Å². The Hall–Kier alpha value is -0.620. The van der Waals surface area contributed by atoms with Crippen molar-refractivity contribution in [2.45, 2.75) is 38.9 Å². The molecule has 0 aliphatic rings. The average Bonchev–Trinajstić information content (AvgIpc) is 2.27. The number of sulfone groups is 1. The van der Waals surface area contributed by atoms with Crippen LogP contribution in [0.15, 0.2) is 0 Å². The van der Waals surface area contributed by atoms with E-state index in [1.54, 1.807) is 0 Å². The van der Waals surface area contributed by atoms with E-state index in [1.807, 2.05) is 0 Å². The van der Waals surface area contributed by atoms with Gasteiger partial charge in [0, 0.05) is 6.61 Å². The maximum Gasteiger partial charge on any atom is 0.306 e. The lowest BCUT2D eigenvalue weighted by Crippen LogP contribution is -2.26. The molecule has 0 saturated carbocycles. The number of carbonyl (C=O) groups is 1. The van der Waals surface area contributed by atoms with Crippen LogP contribution < -0.4 is 0 Å². The molecule has 108 valence electrons. The van der Waals surface area contributed by atoms with Crippen molar-refractivity contribution >= 4 is 15.8 Å². The van der Waals surface area contributed by atoms with Crippen molar-refractivity contribution in [1.29, 1.82) is 0 Å². The maximum absolute atomic E-state index is 11.8. The van der Waals surface area contributed by atoms with Crippen LogP contribution in [0.3, 0.4) is 0 Å². The Balaban J connectivity index is 3.96. The summed E-state index contributed by atoms with van der Waals surface area (Å²) < 4.78 is 33.3. The fraction of sp³-hybridized carbons (Fsp3) is 0.917. The van der Waals surface area contributed by atoms with Gasteiger partial charge in [0.05, 0.1) is 31.1 Å². The lowest BCUT2D eigenvalue weighted by atomic mass is 10.1. The fourth-order valence-corrected chi connectivity index (χ4v) is 2.38. The molecule has 0 aromatic carbocycles. The standard InChI is InChI=1S/C12H24O5S/c1-10(2)5-6-17-7-8-18(14,15)11(3)9-12(13)16-4/h10-11H,5-9H2,1-4H3. The second-order valence-electron chi connectivity index (χ2n) is 4.75. The number of hydrogen-bond acceptors (Lipinski definition) is 5. The molecule has 0 aliphatic heterocycles. The van der Waals surface area contributed by atoms with Gasteiger partial charge in [-0.1, -0.05) is 13.8 Å². The summed E-state index contributed by atoms with van der Waals surface area (Å²) in [5.41, 5.74) is 0. The smallest absolute Gasteiger partial charge is 0.306 e. The van der Waals surface area contributed by atoms with Crippen LogP contribution in [0.4, 0.5) is 0 Å². The van der Waals surface area contributed by atoms with E-state index in [4.69, 9.17) is 4.74 Å². The topological polar surface area (TPSA) is 69.7 Å². The van der Waals surface area contributed by atoms with Gasteiger partial charge in [0.25, 0.3) is 0 Å². The molecular weight excluding hydrogens is 256 g/mol. The lowest BCUT2D eigenvalue weighted by Gasteiger charge is -2.12. The highest BCUT2D eigenvalue weighted by Crippen LogP contribution is 2.08. The zero-order chi connectivity index (χ0) is 14.2. The molecular formula is C12H24O5S. The van der Waals surface area contributed by atoms with Crippen LogP contribution in [-0.2, 0) is 24.1 Å². The summed E-state index contributed by atoms with van der Waals surface area (Å²) in [7, 11) is -2.05. The molecule has 0 aromatic heterocycles. The summed E-state index contributed by atoms with van der Waals surface area (Å²) in [5, 5.41) is -0.723. The Kier molecular flexibility index (Phi) is 8.18. The molecule has 0 aromatic rings. The van der Waals surface area contributed by atoms with Crippen molar-refractivity contribution in [1.82, 2.24) is 0 Å². The van der Waals surface area contributed by atoms with Gasteiger partial charge in [-0.25, -0.2) is 8.42 Å². The summed E-state index contributed by atoms with van der Waals surface area (Å²) in [6.45, 7) is 6.43. The highest BCUT2D eigenvalue weighted by molar-refractivity contribution is 7.92. The molecule has 0 rings (SSSR count). The molecule has 0 bridgehead atoms. The highest BCUT2D eigenvalue weighted by atomic mass is 32.2. The van der Waals surface area contributed by atoms with Crippen LogP contribution in [0.1, 0.15) is 33.6 Å². The number of carbonyl (C=O) groups excluding carboxylic acids is 1. The Morgan fingerprint density at radius 3 is 2.28 bits per heavy atom. The highest BCUT2D eigenvalue weighted by Gasteiger charge is 2.23. The number of rotatable bonds is 9. The van der Waals surface area contributed by atoms with E-state index in [0.717, 1.165) is 6.42 Å². The van der Waals surface area contributed by atoms with Crippen molar-refractivity contribution in [3.63, 3.8) is 0 Å². The zero-order valence-electron chi connectivity index (χ0n) is 11.6. The predicted octanol–water partition coefficient (Wildman–Crippen LogP) is 1.42. The van der Waals surface area contributed by atoms with Gasteiger partial charge in [0.2, 0.25) is 0 Å². The minimum atomic E-state index is -3.29. The van der Waals surface area contributed by atoms with Crippen LogP contribution in [0.25, 0.3) is 0 Å². The quantitative estimate of drug-likeness (QED) is 0.472. The van der Waals surface area contributed by atoms with Gasteiger partial charge in [-0.2, -0.15) is 0 Å². The number of hydrogen-bond donors (Lipinski definition) is 0. The molecule has 0 radical (unpaired) electrons. The van der Waals surface area contributed by atoms with Crippen molar-refractivity contribution < 1.29 is 22.7 Å². The first-order valence-electron chi connectivity index (χ1n) is 6.15. The Morgan fingerprint density at radius 2 is 1.78 bits per heavy atom. The molecule has 0 saturated heterocycles. The van der Waals surface area contributed by atoms with E-state index in [1.165, 1.54) is 14.0 Å². The van der Waals surface area contributed by atoms with E-state index in [-0.39, 0.29) is 18.8 Å². The molecule has 5 nitrogen and oxygen atoms in total. The first kappa shape index (κ1) is 17.4. The van der Waals surface area contributed by atoms with Crippen molar-refractivity contribution in [3.05, 3.63) is 0 Å². The van der Waals surface area contributed by atoms with Crippen molar-refractivity contribution in [2.24, 2.45) is 5.92 Å². The SMILES string of the molecule is COC(=O)CC(C)S(=O)(=O)CCOCCC(C)C. The molecule has 0 N–H and O–H groups in total. The van der Waals surface area contributed by atoms with Crippen LogP contribution in [-0.4, -0.2) is 45.7 Å². The fourth-order valence-electron chi connectivity index (χ4n) is 1.24. The van der Waals surface area contributed by atoms with Gasteiger partial charge >= 0.3 is 5.97 Å². The first-order chi connectivity index (χ1) is 8.29. The summed E-state index contributed by atoms with van der Waals surface area (Å²) in [5.74, 6) is -0.0184. The second kappa shape index (κ2) is 8.48. The van der Waals surface area contributed by atoms with E-state index in [0.29, 0.717) is 12.5 Å². The average molecular weight is 280 g/mol. The lowest BCUT2D eigenvalue weighted by molar-refractivity contribution is -0.140. The Morgan fingerprint density at radius 1 is 1.17 bits per heavy atom. The van der Waals surface area contributed by atoms with Gasteiger partial charge in [-0.3, -0.25) is 4.79 Å². The van der Waals surface area contributed by atoms with Gasteiger partial charge in [-0.05, 0) is 19.3 Å². The van der Waals surface area contributed by atoms with Crippen LogP contribution >= 0.6 is 0 Å². The van der Waals surface area contributed by atoms with Gasteiger partial charge in [0.1, 0.15) is 0 Å². The monoisotopic (exact) mass is 280 g/mol. The van der Waals surface area contributed by atoms with E-state index in [2.05, 4.69) is 18.6 Å². The summed E-state index contributed by atoms with van der Waals surface area (Å²) >= 11 is 0. The molecule has 0 aliphatic carbocycles. The van der Waals surface area contributed by atoms with Gasteiger partial charge < -0.3 is 9.47 Å². The van der Waals surface area contributed by atoms with Crippen LogP contribution in [0.5, 0.6) is 0 Å². The van der Waals surface area contributed by atoms with Gasteiger partial charge in [-0.15, -0.1) is 0 Å². The molecule has 1 unspecified atom stereocenters. The van der Waals surface area contributed by atoms with Crippen LogP contribution in [0, 0.1) is 5.92 Å². The number of esters is 1. The Labute approximate surface area is 110 Å². The minimum Gasteiger partial charge on any atom is -0.469 e. The second-order valence-corrected chi connectivity index (χ2v) is 7.29. The normalized spacial score (nSPS) is 13.6. The third kappa shape index (κ3) is 7.66. The summed E-state index contributed by atoms with van der Waals surface area (Å²) in [4.78, 5) is 11.0. The minimum absolute atomic E-state index is 0.0523. The largest absolute Gasteiger partial charge is 0.469 e. The maximum atomic E-state index is 11.8. The van der Waals surface area contributed by atoms with E-state index < -0.39 is 21.1 Å². The van der Waals surface area contributed by atoms with Gasteiger partial charge in [0.15, 0.2) is 9.84 Å². The molecule has 6 heteroatoms. The summed E-state index contributed by atoms with van der Waals surface area (Å²) in [6, 6.07) is 0. The van der Waals surface area contributed by atoms with Crippen molar-refractivity contribution in [3.8, 4) is 0 Å².